The van der Waals surface area contributed by atoms with Crippen molar-refractivity contribution >= 4 is 15.9 Å². The first kappa shape index (κ1) is 14.2. The fourth-order valence-corrected chi connectivity index (χ4v) is 2.65. The van der Waals surface area contributed by atoms with Crippen LogP contribution in [0.2, 0.25) is 0 Å². The van der Waals surface area contributed by atoms with Gasteiger partial charge in [0.1, 0.15) is 0 Å². The SMILES string of the molecule is COCCn1ncc(Br)c1C(N)c1cn(C)nc1C. The van der Waals surface area contributed by atoms with Crippen LogP contribution in [0.25, 0.3) is 0 Å². The zero-order chi connectivity index (χ0) is 14.0. The molecule has 2 N–H and O–H groups in total. The summed E-state index contributed by atoms with van der Waals surface area (Å²) in [6.45, 7) is 3.23. The Morgan fingerprint density at radius 2 is 2.26 bits per heavy atom. The Morgan fingerprint density at radius 1 is 1.53 bits per heavy atom. The second-order valence-electron chi connectivity index (χ2n) is 4.41. The summed E-state index contributed by atoms with van der Waals surface area (Å²) in [6, 6.07) is -0.262. The van der Waals surface area contributed by atoms with Crippen LogP contribution in [0.3, 0.4) is 0 Å². The molecule has 0 aliphatic heterocycles. The van der Waals surface area contributed by atoms with Crippen molar-refractivity contribution in [3.63, 3.8) is 0 Å². The molecule has 6 nitrogen and oxygen atoms in total. The molecule has 0 radical (unpaired) electrons. The largest absolute Gasteiger partial charge is 0.383 e. The van der Waals surface area contributed by atoms with E-state index >= 15 is 0 Å². The average molecular weight is 328 g/mol. The highest BCUT2D eigenvalue weighted by molar-refractivity contribution is 9.10. The summed E-state index contributed by atoms with van der Waals surface area (Å²) in [7, 11) is 3.56. The number of nitrogens with two attached hydrogens (primary N) is 1. The first-order valence-electron chi connectivity index (χ1n) is 6.00. The van der Waals surface area contributed by atoms with Gasteiger partial charge in [0, 0.05) is 25.9 Å². The van der Waals surface area contributed by atoms with Crippen molar-refractivity contribution in [2.45, 2.75) is 19.5 Å². The number of ether oxygens (including phenoxy) is 1. The highest BCUT2D eigenvalue weighted by Crippen LogP contribution is 2.28. The molecule has 0 saturated carbocycles. The summed E-state index contributed by atoms with van der Waals surface area (Å²) in [6.07, 6.45) is 3.71. The summed E-state index contributed by atoms with van der Waals surface area (Å²) >= 11 is 3.51. The van der Waals surface area contributed by atoms with Crippen LogP contribution in [0.1, 0.15) is 23.0 Å². The molecule has 0 aliphatic rings. The third-order valence-electron chi connectivity index (χ3n) is 3.02. The second-order valence-corrected chi connectivity index (χ2v) is 5.27. The number of halogens is 1. The number of nitrogens with zero attached hydrogens (tertiary/aromatic N) is 4. The quantitative estimate of drug-likeness (QED) is 0.900. The summed E-state index contributed by atoms with van der Waals surface area (Å²) in [5.41, 5.74) is 9.24. The molecule has 0 aromatic carbocycles. The number of rotatable bonds is 5. The zero-order valence-electron chi connectivity index (χ0n) is 11.3. The van der Waals surface area contributed by atoms with Crippen molar-refractivity contribution in [1.82, 2.24) is 19.6 Å². The van der Waals surface area contributed by atoms with Crippen LogP contribution in [-0.2, 0) is 18.3 Å². The molecule has 0 saturated heterocycles. The van der Waals surface area contributed by atoms with E-state index in [2.05, 4.69) is 26.1 Å². The van der Waals surface area contributed by atoms with Crippen LogP contribution < -0.4 is 5.73 Å². The summed E-state index contributed by atoms with van der Waals surface area (Å²) in [4.78, 5) is 0. The topological polar surface area (TPSA) is 70.9 Å². The van der Waals surface area contributed by atoms with E-state index in [4.69, 9.17) is 10.5 Å². The van der Waals surface area contributed by atoms with Crippen molar-refractivity contribution in [2.24, 2.45) is 12.8 Å². The van der Waals surface area contributed by atoms with Gasteiger partial charge in [0.05, 0.1) is 41.3 Å². The molecular weight excluding hydrogens is 310 g/mol. The fourth-order valence-electron chi connectivity index (χ4n) is 2.11. The van der Waals surface area contributed by atoms with Crippen LogP contribution >= 0.6 is 15.9 Å². The summed E-state index contributed by atoms with van der Waals surface area (Å²) < 4.78 is 9.63. The Hall–Kier alpha value is -1.18. The van der Waals surface area contributed by atoms with Gasteiger partial charge in [0.2, 0.25) is 0 Å². The van der Waals surface area contributed by atoms with E-state index in [1.165, 1.54) is 0 Å². The Kier molecular flexibility index (Phi) is 4.38. The van der Waals surface area contributed by atoms with Crippen LogP contribution in [0.4, 0.5) is 0 Å². The highest BCUT2D eigenvalue weighted by Gasteiger charge is 2.21. The lowest BCUT2D eigenvalue weighted by atomic mass is 10.1. The Labute approximate surface area is 120 Å². The normalized spacial score (nSPS) is 12.9. The molecule has 104 valence electrons. The number of methoxy groups -OCH3 is 1. The van der Waals surface area contributed by atoms with Crippen molar-refractivity contribution in [3.05, 3.63) is 33.8 Å². The average Bonchev–Trinajstić information content (AvgIpc) is 2.89. The van der Waals surface area contributed by atoms with E-state index in [0.29, 0.717) is 13.2 Å². The highest BCUT2D eigenvalue weighted by atomic mass is 79.9. The Bertz CT molecular complexity index is 562. The second kappa shape index (κ2) is 5.85. The zero-order valence-corrected chi connectivity index (χ0v) is 12.9. The first-order chi connectivity index (χ1) is 9.04. The Morgan fingerprint density at radius 3 is 2.84 bits per heavy atom. The molecule has 0 aliphatic carbocycles. The maximum Gasteiger partial charge on any atom is 0.0768 e. The van der Waals surface area contributed by atoms with Crippen molar-refractivity contribution in [1.29, 1.82) is 0 Å². The third kappa shape index (κ3) is 2.88. The van der Waals surface area contributed by atoms with Gasteiger partial charge in [-0.3, -0.25) is 9.36 Å². The minimum Gasteiger partial charge on any atom is -0.383 e. The molecular formula is C12H18BrN5O. The van der Waals surface area contributed by atoms with Crippen molar-refractivity contribution in [3.8, 4) is 0 Å². The number of aryl methyl sites for hydroxylation is 2. The van der Waals surface area contributed by atoms with Crippen molar-refractivity contribution < 1.29 is 4.74 Å². The number of hydrogen-bond donors (Lipinski definition) is 1. The monoisotopic (exact) mass is 327 g/mol. The van der Waals surface area contributed by atoms with E-state index in [-0.39, 0.29) is 6.04 Å². The summed E-state index contributed by atoms with van der Waals surface area (Å²) in [5.74, 6) is 0. The molecule has 1 unspecified atom stereocenters. The van der Waals surface area contributed by atoms with Crippen LogP contribution in [-0.4, -0.2) is 33.3 Å². The van der Waals surface area contributed by atoms with E-state index < -0.39 is 0 Å². The van der Waals surface area contributed by atoms with Crippen molar-refractivity contribution in [2.75, 3.05) is 13.7 Å². The number of aromatic nitrogens is 4. The lowest BCUT2D eigenvalue weighted by Crippen LogP contribution is -2.20. The molecule has 19 heavy (non-hydrogen) atoms. The fraction of sp³-hybridized carbons (Fsp3) is 0.500. The van der Waals surface area contributed by atoms with Gasteiger partial charge in [-0.15, -0.1) is 0 Å². The molecule has 2 rings (SSSR count). The van der Waals surface area contributed by atoms with E-state index in [1.54, 1.807) is 18.0 Å². The summed E-state index contributed by atoms with van der Waals surface area (Å²) in [5, 5.41) is 8.65. The first-order valence-corrected chi connectivity index (χ1v) is 6.79. The molecule has 1 atom stereocenters. The van der Waals surface area contributed by atoms with Gasteiger partial charge in [-0.2, -0.15) is 10.2 Å². The third-order valence-corrected chi connectivity index (χ3v) is 3.63. The Balaban J connectivity index is 2.35. The van der Waals surface area contributed by atoms with E-state index in [1.807, 2.05) is 24.9 Å². The van der Waals surface area contributed by atoms with Gasteiger partial charge in [0.15, 0.2) is 0 Å². The van der Waals surface area contributed by atoms with Gasteiger partial charge >= 0.3 is 0 Å². The van der Waals surface area contributed by atoms with Crippen LogP contribution in [0.15, 0.2) is 16.9 Å². The van der Waals surface area contributed by atoms with Gasteiger partial charge in [-0.25, -0.2) is 0 Å². The van der Waals surface area contributed by atoms with Gasteiger partial charge < -0.3 is 10.5 Å². The minimum atomic E-state index is -0.262. The van der Waals surface area contributed by atoms with Gasteiger partial charge in [0.25, 0.3) is 0 Å². The molecule has 2 aromatic rings. The van der Waals surface area contributed by atoms with E-state index in [9.17, 15) is 0 Å². The molecule has 0 fully saturated rings. The van der Waals surface area contributed by atoms with Crippen LogP contribution in [0.5, 0.6) is 0 Å². The standard InChI is InChI=1S/C12H18BrN5O/c1-8-9(7-17(2)16-8)11(14)12-10(13)6-15-18(12)4-5-19-3/h6-7,11H,4-5,14H2,1-3H3. The molecule has 0 bridgehead atoms. The lowest BCUT2D eigenvalue weighted by Gasteiger charge is -2.14. The maximum absolute atomic E-state index is 6.36. The minimum absolute atomic E-state index is 0.262. The maximum atomic E-state index is 6.36. The number of hydrogen-bond acceptors (Lipinski definition) is 4. The predicted octanol–water partition coefficient (Wildman–Crippen LogP) is 1.38. The molecule has 0 spiro atoms. The van der Waals surface area contributed by atoms with Gasteiger partial charge in [-0.05, 0) is 22.9 Å². The van der Waals surface area contributed by atoms with Crippen LogP contribution in [0, 0.1) is 6.92 Å². The van der Waals surface area contributed by atoms with E-state index in [0.717, 1.165) is 21.4 Å². The van der Waals surface area contributed by atoms with Gasteiger partial charge in [-0.1, -0.05) is 0 Å². The molecule has 0 amide bonds. The molecule has 7 heteroatoms. The molecule has 2 aromatic heterocycles. The molecule has 2 heterocycles. The lowest BCUT2D eigenvalue weighted by molar-refractivity contribution is 0.182. The smallest absolute Gasteiger partial charge is 0.0768 e. The predicted molar refractivity (Wildman–Crippen MR) is 75.8 cm³/mol.